The van der Waals surface area contributed by atoms with E-state index >= 15 is 0 Å². The zero-order valence-corrected chi connectivity index (χ0v) is 12.3. The molecule has 4 nitrogen and oxygen atoms in total. The molecule has 0 radical (unpaired) electrons. The molecular formula is C15H24N2O2. The van der Waals surface area contributed by atoms with Crippen molar-refractivity contribution in [1.82, 2.24) is 10.2 Å². The van der Waals surface area contributed by atoms with E-state index in [2.05, 4.69) is 33.0 Å². The number of rotatable bonds is 3. The van der Waals surface area contributed by atoms with Gasteiger partial charge in [-0.2, -0.15) is 0 Å². The minimum Gasteiger partial charge on any atom is -0.459 e. The molecule has 1 unspecified atom stereocenters. The number of hydrogen-bond acceptors (Lipinski definition) is 3. The lowest BCUT2D eigenvalue weighted by Crippen LogP contribution is -2.63. The first-order chi connectivity index (χ1) is 8.90. The first-order valence-corrected chi connectivity index (χ1v) is 6.99. The lowest BCUT2D eigenvalue weighted by Gasteiger charge is -2.46. The monoisotopic (exact) mass is 264 g/mol. The molecule has 1 aromatic rings. The van der Waals surface area contributed by atoms with Gasteiger partial charge in [0.1, 0.15) is 0 Å². The highest BCUT2D eigenvalue weighted by Gasteiger charge is 2.38. The van der Waals surface area contributed by atoms with Crippen LogP contribution in [0.25, 0.3) is 0 Å². The lowest BCUT2D eigenvalue weighted by molar-refractivity contribution is 0.0348. The summed E-state index contributed by atoms with van der Waals surface area (Å²) < 4.78 is 5.25. The van der Waals surface area contributed by atoms with Gasteiger partial charge in [-0.25, -0.2) is 0 Å². The predicted octanol–water partition coefficient (Wildman–Crippen LogP) is 2.52. The Bertz CT molecular complexity index is 423. The van der Waals surface area contributed by atoms with E-state index in [1.54, 1.807) is 18.4 Å². The van der Waals surface area contributed by atoms with Crippen LogP contribution in [0.4, 0.5) is 0 Å². The van der Waals surface area contributed by atoms with E-state index in [0.29, 0.717) is 17.7 Å². The number of amides is 1. The van der Waals surface area contributed by atoms with Gasteiger partial charge in [0, 0.05) is 19.1 Å². The van der Waals surface area contributed by atoms with Crippen LogP contribution in [0, 0.1) is 5.92 Å². The van der Waals surface area contributed by atoms with Crippen molar-refractivity contribution in [2.45, 2.75) is 45.7 Å². The lowest BCUT2D eigenvalue weighted by atomic mass is 9.93. The maximum absolute atomic E-state index is 12.5. The van der Waals surface area contributed by atoms with Crippen LogP contribution < -0.4 is 5.32 Å². The number of carbonyl (C=O) groups is 1. The zero-order chi connectivity index (χ0) is 14.0. The quantitative estimate of drug-likeness (QED) is 0.912. The van der Waals surface area contributed by atoms with Crippen molar-refractivity contribution in [2.75, 3.05) is 13.1 Å². The smallest absolute Gasteiger partial charge is 0.290 e. The van der Waals surface area contributed by atoms with Crippen LogP contribution >= 0.6 is 0 Å². The Labute approximate surface area is 115 Å². The Morgan fingerprint density at radius 1 is 1.58 bits per heavy atom. The summed E-state index contributed by atoms with van der Waals surface area (Å²) in [4.78, 5) is 14.5. The summed E-state index contributed by atoms with van der Waals surface area (Å²) in [6, 6.07) is 3.86. The van der Waals surface area contributed by atoms with Gasteiger partial charge in [0.15, 0.2) is 5.76 Å². The topological polar surface area (TPSA) is 45.5 Å². The molecule has 4 heteroatoms. The summed E-state index contributed by atoms with van der Waals surface area (Å²) in [7, 11) is 0. The molecule has 19 heavy (non-hydrogen) atoms. The second-order valence-corrected chi connectivity index (χ2v) is 6.41. The Kier molecular flexibility index (Phi) is 3.99. The molecule has 2 heterocycles. The van der Waals surface area contributed by atoms with Crippen molar-refractivity contribution < 1.29 is 9.21 Å². The Balaban J connectivity index is 2.12. The minimum absolute atomic E-state index is 0.00902. The third kappa shape index (κ3) is 3.18. The molecule has 106 valence electrons. The molecule has 1 saturated heterocycles. The summed E-state index contributed by atoms with van der Waals surface area (Å²) in [6.07, 6.45) is 2.63. The van der Waals surface area contributed by atoms with Crippen LogP contribution in [0.5, 0.6) is 0 Å². The van der Waals surface area contributed by atoms with Crippen molar-refractivity contribution in [1.29, 1.82) is 0 Å². The van der Waals surface area contributed by atoms with Gasteiger partial charge in [0.25, 0.3) is 5.91 Å². The molecule has 0 aliphatic carbocycles. The van der Waals surface area contributed by atoms with Gasteiger partial charge in [0.05, 0.1) is 11.8 Å². The number of hydrogen-bond donors (Lipinski definition) is 1. The van der Waals surface area contributed by atoms with Gasteiger partial charge < -0.3 is 14.6 Å². The van der Waals surface area contributed by atoms with Gasteiger partial charge in [-0.1, -0.05) is 13.8 Å². The van der Waals surface area contributed by atoms with Crippen molar-refractivity contribution >= 4 is 5.91 Å². The first kappa shape index (κ1) is 14.1. The summed E-state index contributed by atoms with van der Waals surface area (Å²) >= 11 is 0. The largest absolute Gasteiger partial charge is 0.459 e. The molecule has 1 amide bonds. The number of piperazine rings is 1. The van der Waals surface area contributed by atoms with Crippen molar-refractivity contribution in [2.24, 2.45) is 5.92 Å². The molecule has 1 atom stereocenters. The number of carbonyl (C=O) groups excluding carboxylic acids is 1. The van der Waals surface area contributed by atoms with Crippen molar-refractivity contribution in [3.05, 3.63) is 24.2 Å². The molecule has 1 aliphatic heterocycles. The standard InChI is InChI=1S/C15H24N2O2/c1-11(2)8-12-9-17(15(3,4)10-16-12)14(18)13-6-5-7-19-13/h5-7,11-12,16H,8-10H2,1-4H3. The molecule has 0 bridgehead atoms. The average Bonchev–Trinajstić information content (AvgIpc) is 2.83. The van der Waals surface area contributed by atoms with E-state index in [1.165, 1.54) is 0 Å². The fourth-order valence-corrected chi connectivity index (χ4v) is 2.64. The summed E-state index contributed by atoms with van der Waals surface area (Å²) in [5.74, 6) is 1.04. The molecule has 1 aromatic heterocycles. The molecule has 0 spiro atoms. The fraction of sp³-hybridized carbons (Fsp3) is 0.667. The van der Waals surface area contributed by atoms with E-state index in [4.69, 9.17) is 4.42 Å². The summed E-state index contributed by atoms with van der Waals surface area (Å²) in [5.41, 5.74) is -0.183. The van der Waals surface area contributed by atoms with E-state index in [9.17, 15) is 4.79 Å². The number of furan rings is 1. The first-order valence-electron chi connectivity index (χ1n) is 6.99. The number of nitrogens with one attached hydrogen (secondary N) is 1. The van der Waals surface area contributed by atoms with E-state index in [1.807, 2.05) is 4.90 Å². The molecule has 2 rings (SSSR count). The van der Waals surface area contributed by atoms with Crippen molar-refractivity contribution in [3.63, 3.8) is 0 Å². The second kappa shape index (κ2) is 5.37. The van der Waals surface area contributed by atoms with Gasteiger partial charge in [-0.3, -0.25) is 4.79 Å². The third-order valence-electron chi connectivity index (χ3n) is 3.69. The van der Waals surface area contributed by atoms with Crippen LogP contribution in [0.2, 0.25) is 0 Å². The summed E-state index contributed by atoms with van der Waals surface area (Å²) in [5, 5.41) is 3.55. The van der Waals surface area contributed by atoms with Crippen molar-refractivity contribution in [3.8, 4) is 0 Å². The Hall–Kier alpha value is -1.29. The van der Waals surface area contributed by atoms with Crippen LogP contribution in [0.15, 0.2) is 22.8 Å². The molecule has 0 aromatic carbocycles. The van der Waals surface area contributed by atoms with Crippen LogP contribution in [0.3, 0.4) is 0 Å². The van der Waals surface area contributed by atoms with Gasteiger partial charge >= 0.3 is 0 Å². The fourth-order valence-electron chi connectivity index (χ4n) is 2.64. The SMILES string of the molecule is CC(C)CC1CN(C(=O)c2ccco2)C(C)(C)CN1. The Morgan fingerprint density at radius 3 is 2.89 bits per heavy atom. The summed E-state index contributed by atoms with van der Waals surface area (Å²) in [6.45, 7) is 10.2. The van der Waals surface area contributed by atoms with Gasteiger partial charge in [0.2, 0.25) is 0 Å². The highest BCUT2D eigenvalue weighted by molar-refractivity contribution is 5.92. The highest BCUT2D eigenvalue weighted by Crippen LogP contribution is 2.23. The maximum Gasteiger partial charge on any atom is 0.290 e. The van der Waals surface area contributed by atoms with E-state index in [-0.39, 0.29) is 11.4 Å². The van der Waals surface area contributed by atoms with Crippen LogP contribution in [-0.4, -0.2) is 35.5 Å². The van der Waals surface area contributed by atoms with Crippen LogP contribution in [-0.2, 0) is 0 Å². The van der Waals surface area contributed by atoms with E-state index in [0.717, 1.165) is 19.5 Å². The molecule has 1 N–H and O–H groups in total. The zero-order valence-electron chi connectivity index (χ0n) is 12.3. The molecule has 0 saturated carbocycles. The number of nitrogens with zero attached hydrogens (tertiary/aromatic N) is 1. The maximum atomic E-state index is 12.5. The van der Waals surface area contributed by atoms with Gasteiger partial charge in [-0.05, 0) is 38.3 Å². The normalized spacial score (nSPS) is 22.8. The van der Waals surface area contributed by atoms with Crippen LogP contribution in [0.1, 0.15) is 44.7 Å². The average molecular weight is 264 g/mol. The molecular weight excluding hydrogens is 240 g/mol. The molecule has 1 fully saturated rings. The Morgan fingerprint density at radius 2 is 2.32 bits per heavy atom. The predicted molar refractivity (Wildman–Crippen MR) is 75.1 cm³/mol. The minimum atomic E-state index is -0.183. The highest BCUT2D eigenvalue weighted by atomic mass is 16.3. The van der Waals surface area contributed by atoms with Gasteiger partial charge in [-0.15, -0.1) is 0 Å². The molecule has 1 aliphatic rings. The van der Waals surface area contributed by atoms with E-state index < -0.39 is 0 Å². The third-order valence-corrected chi connectivity index (χ3v) is 3.69. The second-order valence-electron chi connectivity index (χ2n) is 6.41.